The molecule has 0 bridgehead atoms. The first kappa shape index (κ1) is 28.0. The van der Waals surface area contributed by atoms with E-state index in [-0.39, 0.29) is 18.3 Å². The van der Waals surface area contributed by atoms with Crippen LogP contribution in [0.4, 0.5) is 0 Å². The molecular formula is C32H36N2O5S. The van der Waals surface area contributed by atoms with Crippen LogP contribution in [0.1, 0.15) is 45.6 Å². The average Bonchev–Trinajstić information content (AvgIpc) is 3.27. The van der Waals surface area contributed by atoms with Crippen molar-refractivity contribution in [3.8, 4) is 0 Å². The Morgan fingerprint density at radius 2 is 1.85 bits per heavy atom. The van der Waals surface area contributed by atoms with Crippen molar-refractivity contribution >= 4 is 51.3 Å². The molecule has 1 aliphatic carbocycles. The lowest BCUT2D eigenvalue weighted by molar-refractivity contribution is -0.151. The number of Topliss-reactive ketones (excluding diaryl/α,β-unsaturated/α-hetero) is 1. The summed E-state index contributed by atoms with van der Waals surface area (Å²) < 4.78 is 13.0. The van der Waals surface area contributed by atoms with Crippen LogP contribution in [0, 0.1) is 11.8 Å². The molecule has 0 fully saturated rings. The number of esters is 2. The maximum absolute atomic E-state index is 14.1. The largest absolute Gasteiger partial charge is 0.468 e. The standard InChI is InChI=1S/C32H36N2O5S/c1-6-34-24-11-9-8-10-21(24)22-17-20(12-13-25(22)34)28-27(32(37)39-14-15-40-7-2)19(4)33-23-16-18(3)26(31(36)38-5)30(35)29(23)28/h8-13,17-18,26,28,33H,6-7,14-16H2,1-5H3/t18-,26+,28+/m1/s1. The number of ketones is 1. The van der Waals surface area contributed by atoms with Gasteiger partial charge in [-0.15, -0.1) is 0 Å². The summed E-state index contributed by atoms with van der Waals surface area (Å²) in [6.45, 7) is 9.03. The molecule has 210 valence electrons. The van der Waals surface area contributed by atoms with Crippen molar-refractivity contribution < 1.29 is 23.9 Å². The number of hydrogen-bond acceptors (Lipinski definition) is 7. The van der Waals surface area contributed by atoms with Crippen molar-refractivity contribution in [2.75, 3.05) is 25.2 Å². The lowest BCUT2D eigenvalue weighted by Crippen LogP contribution is -2.43. The minimum atomic E-state index is -0.921. The first-order valence-electron chi connectivity index (χ1n) is 13.9. The zero-order valence-electron chi connectivity index (χ0n) is 23.7. The molecule has 3 aromatic rings. The van der Waals surface area contributed by atoms with Crippen LogP contribution in [0.25, 0.3) is 21.8 Å². The minimum absolute atomic E-state index is 0.232. The second-order valence-corrected chi connectivity index (χ2v) is 11.8. The minimum Gasteiger partial charge on any atom is -0.468 e. The molecule has 0 saturated heterocycles. The summed E-state index contributed by atoms with van der Waals surface area (Å²) in [7, 11) is 1.31. The molecular weight excluding hydrogens is 524 g/mol. The Morgan fingerprint density at radius 3 is 2.58 bits per heavy atom. The van der Waals surface area contributed by atoms with Gasteiger partial charge in [0.2, 0.25) is 0 Å². The monoisotopic (exact) mass is 560 g/mol. The first-order chi connectivity index (χ1) is 19.3. The van der Waals surface area contributed by atoms with Crippen molar-refractivity contribution in [3.63, 3.8) is 0 Å². The third-order valence-corrected chi connectivity index (χ3v) is 8.94. The van der Waals surface area contributed by atoms with Crippen LogP contribution in [0.2, 0.25) is 0 Å². The third kappa shape index (κ3) is 4.72. The van der Waals surface area contributed by atoms with Gasteiger partial charge in [-0.25, -0.2) is 4.79 Å². The van der Waals surface area contributed by atoms with E-state index in [2.05, 4.69) is 48.0 Å². The van der Waals surface area contributed by atoms with Crippen molar-refractivity contribution in [1.82, 2.24) is 9.88 Å². The zero-order chi connectivity index (χ0) is 28.6. The number of para-hydroxylation sites is 1. The Labute approximate surface area is 239 Å². The number of carbonyl (C=O) groups is 3. The van der Waals surface area contributed by atoms with Crippen LogP contribution >= 0.6 is 11.8 Å². The molecule has 7 nitrogen and oxygen atoms in total. The van der Waals surface area contributed by atoms with Crippen molar-refractivity contribution in [1.29, 1.82) is 0 Å². The summed E-state index contributed by atoms with van der Waals surface area (Å²) in [6, 6.07) is 14.4. The van der Waals surface area contributed by atoms with Gasteiger partial charge in [-0.05, 0) is 55.7 Å². The fourth-order valence-electron chi connectivity index (χ4n) is 6.29. The summed E-state index contributed by atoms with van der Waals surface area (Å²) in [5, 5.41) is 5.51. The number of nitrogens with one attached hydrogen (secondary N) is 1. The summed E-state index contributed by atoms with van der Waals surface area (Å²) in [6.07, 6.45) is 0.502. The predicted octanol–water partition coefficient (Wildman–Crippen LogP) is 5.72. The number of aryl methyl sites for hydroxylation is 1. The molecule has 5 rings (SSSR count). The molecule has 0 saturated carbocycles. The number of hydrogen-bond donors (Lipinski definition) is 1. The number of thioether (sulfide) groups is 1. The van der Waals surface area contributed by atoms with Crippen LogP contribution in [-0.4, -0.2) is 47.5 Å². The number of allylic oxidation sites excluding steroid dienone is 3. The molecule has 3 atom stereocenters. The Morgan fingerprint density at radius 1 is 1.10 bits per heavy atom. The van der Waals surface area contributed by atoms with Gasteiger partial charge in [0.1, 0.15) is 12.5 Å². The molecule has 1 N–H and O–H groups in total. The molecule has 2 heterocycles. The molecule has 1 aromatic heterocycles. The Balaban J connectivity index is 1.68. The molecule has 2 aromatic carbocycles. The summed E-state index contributed by atoms with van der Waals surface area (Å²) in [5.41, 5.74) is 5.33. The lowest BCUT2D eigenvalue weighted by atomic mass is 9.69. The highest BCUT2D eigenvalue weighted by atomic mass is 32.2. The van der Waals surface area contributed by atoms with Gasteiger partial charge in [0.25, 0.3) is 0 Å². The number of dihydropyridines is 1. The molecule has 1 aliphatic heterocycles. The number of fused-ring (bicyclic) bond motifs is 3. The fraction of sp³-hybridized carbons (Fsp3) is 0.406. The topological polar surface area (TPSA) is 86.6 Å². The van der Waals surface area contributed by atoms with Gasteiger partial charge in [0, 0.05) is 57.0 Å². The molecule has 0 amide bonds. The first-order valence-corrected chi connectivity index (χ1v) is 15.1. The smallest absolute Gasteiger partial charge is 0.336 e. The molecule has 0 unspecified atom stereocenters. The SMILES string of the molecule is CCSCCOC(=O)C1=C(C)NC2=C(C(=O)[C@@H](C(=O)OC)[C@H](C)C2)[C@H]1c1ccc2c(c1)c1ccccc1n2CC. The highest BCUT2D eigenvalue weighted by Gasteiger charge is 2.47. The van der Waals surface area contributed by atoms with Crippen molar-refractivity contribution in [2.24, 2.45) is 11.8 Å². The van der Waals surface area contributed by atoms with E-state index in [1.54, 1.807) is 11.8 Å². The number of benzene rings is 2. The van der Waals surface area contributed by atoms with Gasteiger partial charge in [0.05, 0.1) is 12.7 Å². The van der Waals surface area contributed by atoms with E-state index < -0.39 is 23.8 Å². The average molecular weight is 561 g/mol. The molecule has 40 heavy (non-hydrogen) atoms. The van der Waals surface area contributed by atoms with E-state index in [9.17, 15) is 14.4 Å². The van der Waals surface area contributed by atoms with Gasteiger partial charge in [-0.1, -0.05) is 38.1 Å². The number of rotatable bonds is 8. The van der Waals surface area contributed by atoms with Crippen molar-refractivity contribution in [2.45, 2.75) is 46.6 Å². The summed E-state index contributed by atoms with van der Waals surface area (Å²) in [4.78, 5) is 40.5. The quantitative estimate of drug-likeness (QED) is 0.214. The van der Waals surface area contributed by atoms with E-state index in [4.69, 9.17) is 9.47 Å². The number of ether oxygens (including phenoxy) is 2. The van der Waals surface area contributed by atoms with Gasteiger partial charge < -0.3 is 19.4 Å². The predicted molar refractivity (Wildman–Crippen MR) is 159 cm³/mol. The number of aromatic nitrogens is 1. The molecule has 0 radical (unpaired) electrons. The van der Waals surface area contributed by atoms with Gasteiger partial charge >= 0.3 is 11.9 Å². The Bertz CT molecular complexity index is 1570. The van der Waals surface area contributed by atoms with Crippen molar-refractivity contribution in [3.05, 3.63) is 70.6 Å². The van der Waals surface area contributed by atoms with Crippen LogP contribution in [0.15, 0.2) is 65.0 Å². The highest BCUT2D eigenvalue weighted by molar-refractivity contribution is 7.99. The number of methoxy groups -OCH3 is 1. The van der Waals surface area contributed by atoms with Gasteiger partial charge in [-0.3, -0.25) is 9.59 Å². The van der Waals surface area contributed by atoms with Gasteiger partial charge in [0.15, 0.2) is 5.78 Å². The van der Waals surface area contributed by atoms with Crippen LogP contribution in [0.5, 0.6) is 0 Å². The maximum atomic E-state index is 14.1. The molecule has 0 spiro atoms. The second kappa shape index (κ2) is 11.5. The number of carbonyl (C=O) groups excluding carboxylic acids is 3. The van der Waals surface area contributed by atoms with E-state index >= 15 is 0 Å². The summed E-state index contributed by atoms with van der Waals surface area (Å²) in [5.74, 6) is -1.47. The third-order valence-electron chi connectivity index (χ3n) is 8.07. The van der Waals surface area contributed by atoms with Gasteiger partial charge in [-0.2, -0.15) is 11.8 Å². The van der Waals surface area contributed by atoms with E-state index in [1.165, 1.54) is 7.11 Å². The van der Waals surface area contributed by atoms with E-state index in [0.717, 1.165) is 45.4 Å². The summed E-state index contributed by atoms with van der Waals surface area (Å²) >= 11 is 1.70. The zero-order valence-corrected chi connectivity index (χ0v) is 24.5. The molecule has 2 aliphatic rings. The van der Waals surface area contributed by atoms with E-state index in [1.807, 2.05) is 32.0 Å². The van der Waals surface area contributed by atoms with Crippen LogP contribution in [-0.2, 0) is 30.4 Å². The van der Waals surface area contributed by atoms with Crippen LogP contribution < -0.4 is 5.32 Å². The second-order valence-electron chi connectivity index (χ2n) is 10.4. The highest BCUT2D eigenvalue weighted by Crippen LogP contribution is 2.46. The lowest BCUT2D eigenvalue weighted by Gasteiger charge is -2.38. The maximum Gasteiger partial charge on any atom is 0.336 e. The normalized spacial score (nSPS) is 21.0. The van der Waals surface area contributed by atoms with Crippen LogP contribution in [0.3, 0.4) is 0 Å². The van der Waals surface area contributed by atoms with E-state index in [0.29, 0.717) is 29.0 Å². The Kier molecular flexibility index (Phi) is 8.08. The Hall–Kier alpha value is -3.52. The number of nitrogens with zero attached hydrogens (tertiary/aromatic N) is 1. The fourth-order valence-corrected chi connectivity index (χ4v) is 6.78. The molecule has 8 heteroatoms.